The molecule has 0 fully saturated rings. The van der Waals surface area contributed by atoms with E-state index in [9.17, 15) is 4.79 Å². The molecule has 21 heavy (non-hydrogen) atoms. The maximum Gasteiger partial charge on any atom is 0.319 e. The molecule has 5 heteroatoms. The van der Waals surface area contributed by atoms with Crippen LogP contribution in [0.4, 0.5) is 16.2 Å². The minimum absolute atomic E-state index is 0.256. The van der Waals surface area contributed by atoms with Crippen LogP contribution in [0.3, 0.4) is 0 Å². The van der Waals surface area contributed by atoms with Crippen LogP contribution in [0.25, 0.3) is 0 Å². The van der Waals surface area contributed by atoms with Crippen LogP contribution in [0.15, 0.2) is 48.5 Å². The minimum Gasteiger partial charge on any atom is -0.494 e. The topological polar surface area (TPSA) is 76.4 Å². The van der Waals surface area contributed by atoms with Gasteiger partial charge >= 0.3 is 6.03 Å². The molecule has 4 N–H and O–H groups in total. The SMILES string of the molecule is CCOc1ccc(CNC(=O)Nc2ccc(N)cc2)cc1. The average molecular weight is 285 g/mol. The number of benzene rings is 2. The monoisotopic (exact) mass is 285 g/mol. The zero-order chi connectivity index (χ0) is 15.1. The molecule has 5 nitrogen and oxygen atoms in total. The number of ether oxygens (including phenoxy) is 1. The van der Waals surface area contributed by atoms with Gasteiger partial charge in [0.1, 0.15) is 5.75 Å². The Bertz CT molecular complexity index is 579. The zero-order valence-corrected chi connectivity index (χ0v) is 11.9. The largest absolute Gasteiger partial charge is 0.494 e. The summed E-state index contributed by atoms with van der Waals surface area (Å²) in [4.78, 5) is 11.8. The Balaban J connectivity index is 1.81. The van der Waals surface area contributed by atoms with Crippen molar-refractivity contribution >= 4 is 17.4 Å². The molecule has 0 heterocycles. The fraction of sp³-hybridized carbons (Fsp3) is 0.188. The molecular formula is C16H19N3O2. The lowest BCUT2D eigenvalue weighted by atomic mass is 10.2. The average Bonchev–Trinajstić information content (AvgIpc) is 2.49. The molecule has 2 amide bonds. The van der Waals surface area contributed by atoms with Crippen molar-refractivity contribution in [3.63, 3.8) is 0 Å². The Morgan fingerprint density at radius 2 is 1.76 bits per heavy atom. The van der Waals surface area contributed by atoms with E-state index >= 15 is 0 Å². The van der Waals surface area contributed by atoms with Gasteiger partial charge in [-0.1, -0.05) is 12.1 Å². The predicted molar refractivity (Wildman–Crippen MR) is 84.3 cm³/mol. The van der Waals surface area contributed by atoms with Crippen molar-refractivity contribution in [1.29, 1.82) is 0 Å². The minimum atomic E-state index is -0.256. The number of nitrogens with one attached hydrogen (secondary N) is 2. The predicted octanol–water partition coefficient (Wildman–Crippen LogP) is 2.99. The van der Waals surface area contributed by atoms with Gasteiger partial charge in [-0.15, -0.1) is 0 Å². The number of urea groups is 1. The number of hydrogen-bond donors (Lipinski definition) is 3. The number of nitrogens with two attached hydrogens (primary N) is 1. The zero-order valence-electron chi connectivity index (χ0n) is 11.9. The Morgan fingerprint density at radius 3 is 2.38 bits per heavy atom. The highest BCUT2D eigenvalue weighted by atomic mass is 16.5. The number of nitrogen functional groups attached to an aromatic ring is 1. The van der Waals surface area contributed by atoms with Crippen molar-refractivity contribution in [2.45, 2.75) is 13.5 Å². The van der Waals surface area contributed by atoms with Crippen LogP contribution in [0.5, 0.6) is 5.75 Å². The maximum atomic E-state index is 11.8. The van der Waals surface area contributed by atoms with Gasteiger partial charge < -0.3 is 21.1 Å². The standard InChI is InChI=1S/C16H19N3O2/c1-2-21-15-9-3-12(4-10-15)11-18-16(20)19-14-7-5-13(17)6-8-14/h3-10H,2,11,17H2,1H3,(H2,18,19,20). The van der Waals surface area contributed by atoms with E-state index in [4.69, 9.17) is 10.5 Å². The highest BCUT2D eigenvalue weighted by Gasteiger charge is 2.02. The summed E-state index contributed by atoms with van der Waals surface area (Å²) in [6.07, 6.45) is 0. The molecule has 0 saturated heterocycles. The maximum absolute atomic E-state index is 11.8. The van der Waals surface area contributed by atoms with Gasteiger partial charge in [-0.2, -0.15) is 0 Å². The second kappa shape index (κ2) is 7.19. The Labute approximate surface area is 124 Å². The van der Waals surface area contributed by atoms with Gasteiger partial charge in [-0.25, -0.2) is 4.79 Å². The summed E-state index contributed by atoms with van der Waals surface area (Å²) in [6, 6.07) is 14.4. The fourth-order valence-electron chi connectivity index (χ4n) is 1.79. The Kier molecular flexibility index (Phi) is 5.04. The second-order valence-corrected chi connectivity index (χ2v) is 4.51. The molecule has 0 unspecified atom stereocenters. The van der Waals surface area contributed by atoms with Crippen LogP contribution >= 0.6 is 0 Å². The number of hydrogen-bond acceptors (Lipinski definition) is 3. The molecule has 2 aromatic carbocycles. The normalized spacial score (nSPS) is 9.95. The van der Waals surface area contributed by atoms with Crippen LogP contribution in [-0.2, 0) is 6.54 Å². The summed E-state index contributed by atoms with van der Waals surface area (Å²) in [6.45, 7) is 3.03. The van der Waals surface area contributed by atoms with E-state index in [-0.39, 0.29) is 6.03 Å². The van der Waals surface area contributed by atoms with E-state index in [1.165, 1.54) is 0 Å². The summed E-state index contributed by atoms with van der Waals surface area (Å²) in [5.41, 5.74) is 7.96. The van der Waals surface area contributed by atoms with Crippen molar-refractivity contribution in [3.05, 3.63) is 54.1 Å². The van der Waals surface area contributed by atoms with E-state index in [2.05, 4.69) is 10.6 Å². The van der Waals surface area contributed by atoms with Crippen LogP contribution in [0.2, 0.25) is 0 Å². The van der Waals surface area contributed by atoms with E-state index < -0.39 is 0 Å². The van der Waals surface area contributed by atoms with Crippen molar-refractivity contribution in [2.75, 3.05) is 17.7 Å². The summed E-state index contributed by atoms with van der Waals surface area (Å²) in [5, 5.41) is 5.53. The molecule has 0 spiro atoms. The number of amides is 2. The molecule has 0 aliphatic heterocycles. The Hall–Kier alpha value is -2.69. The summed E-state index contributed by atoms with van der Waals surface area (Å²) >= 11 is 0. The summed E-state index contributed by atoms with van der Waals surface area (Å²) < 4.78 is 5.37. The van der Waals surface area contributed by atoms with Gasteiger partial charge in [0.05, 0.1) is 6.61 Å². The summed E-state index contributed by atoms with van der Waals surface area (Å²) in [5.74, 6) is 0.826. The van der Waals surface area contributed by atoms with Gasteiger partial charge in [-0.3, -0.25) is 0 Å². The molecule has 2 rings (SSSR count). The second-order valence-electron chi connectivity index (χ2n) is 4.51. The Morgan fingerprint density at radius 1 is 1.10 bits per heavy atom. The van der Waals surface area contributed by atoms with Crippen LogP contribution in [0.1, 0.15) is 12.5 Å². The molecule has 0 aliphatic carbocycles. The number of rotatable bonds is 5. The van der Waals surface area contributed by atoms with Gasteiger partial charge in [0, 0.05) is 17.9 Å². The fourth-order valence-corrected chi connectivity index (χ4v) is 1.79. The van der Waals surface area contributed by atoms with E-state index in [1.807, 2.05) is 31.2 Å². The smallest absolute Gasteiger partial charge is 0.319 e. The van der Waals surface area contributed by atoms with E-state index in [0.717, 1.165) is 11.3 Å². The molecule has 2 aromatic rings. The first-order valence-electron chi connectivity index (χ1n) is 6.79. The first kappa shape index (κ1) is 14.7. The summed E-state index contributed by atoms with van der Waals surface area (Å²) in [7, 11) is 0. The quantitative estimate of drug-likeness (QED) is 0.739. The highest BCUT2D eigenvalue weighted by Crippen LogP contribution is 2.12. The van der Waals surface area contributed by atoms with Crippen molar-refractivity contribution < 1.29 is 9.53 Å². The van der Waals surface area contributed by atoms with Crippen molar-refractivity contribution in [2.24, 2.45) is 0 Å². The molecule has 0 aliphatic rings. The van der Waals surface area contributed by atoms with Crippen LogP contribution in [-0.4, -0.2) is 12.6 Å². The molecule has 0 bridgehead atoms. The van der Waals surface area contributed by atoms with Crippen LogP contribution in [0, 0.1) is 0 Å². The third-order valence-corrected chi connectivity index (χ3v) is 2.86. The number of anilines is 2. The molecule has 0 aromatic heterocycles. The molecule has 0 radical (unpaired) electrons. The lowest BCUT2D eigenvalue weighted by molar-refractivity contribution is 0.251. The highest BCUT2D eigenvalue weighted by molar-refractivity contribution is 5.89. The lowest BCUT2D eigenvalue weighted by Crippen LogP contribution is -2.28. The number of carbonyl (C=O) groups is 1. The first-order valence-corrected chi connectivity index (χ1v) is 6.79. The van der Waals surface area contributed by atoms with Crippen molar-refractivity contribution in [1.82, 2.24) is 5.32 Å². The molecule has 110 valence electrons. The molecule has 0 saturated carbocycles. The van der Waals surface area contributed by atoms with Gasteiger partial charge in [0.2, 0.25) is 0 Å². The van der Waals surface area contributed by atoms with Gasteiger partial charge in [0.25, 0.3) is 0 Å². The van der Waals surface area contributed by atoms with Crippen molar-refractivity contribution in [3.8, 4) is 5.75 Å². The van der Waals surface area contributed by atoms with E-state index in [1.54, 1.807) is 24.3 Å². The molecule has 0 atom stereocenters. The van der Waals surface area contributed by atoms with Gasteiger partial charge in [-0.05, 0) is 48.9 Å². The lowest BCUT2D eigenvalue weighted by Gasteiger charge is -2.09. The third-order valence-electron chi connectivity index (χ3n) is 2.86. The first-order chi connectivity index (χ1) is 10.2. The number of carbonyl (C=O) groups excluding carboxylic acids is 1. The van der Waals surface area contributed by atoms with Crippen LogP contribution < -0.4 is 21.1 Å². The molecular weight excluding hydrogens is 266 g/mol. The van der Waals surface area contributed by atoms with E-state index in [0.29, 0.717) is 24.5 Å². The third kappa shape index (κ3) is 4.72. The van der Waals surface area contributed by atoms with Gasteiger partial charge in [0.15, 0.2) is 0 Å².